The van der Waals surface area contributed by atoms with Gasteiger partial charge in [0, 0.05) is 12.1 Å². The van der Waals surface area contributed by atoms with Crippen LogP contribution in [0.4, 0.5) is 4.39 Å². The molecular formula is C18H25FN2O. The minimum Gasteiger partial charge on any atom is -0.336 e. The van der Waals surface area contributed by atoms with E-state index in [1.807, 2.05) is 38.1 Å². The minimum atomic E-state index is -0.134. The van der Waals surface area contributed by atoms with E-state index in [9.17, 15) is 9.18 Å². The molecular weight excluding hydrogens is 279 g/mol. The lowest BCUT2D eigenvalue weighted by molar-refractivity contribution is -0.136. The zero-order valence-electron chi connectivity index (χ0n) is 13.7. The van der Waals surface area contributed by atoms with Gasteiger partial charge in [0.05, 0.1) is 6.54 Å². The summed E-state index contributed by atoms with van der Waals surface area (Å²) < 4.78 is 13.5. The Morgan fingerprint density at radius 2 is 1.91 bits per heavy atom. The van der Waals surface area contributed by atoms with Crippen molar-refractivity contribution in [2.75, 3.05) is 20.6 Å². The van der Waals surface area contributed by atoms with Gasteiger partial charge in [0.25, 0.3) is 0 Å². The molecule has 22 heavy (non-hydrogen) atoms. The molecule has 2 aliphatic rings. The molecule has 3 rings (SSSR count). The first kappa shape index (κ1) is 15.5. The van der Waals surface area contributed by atoms with E-state index in [-0.39, 0.29) is 11.7 Å². The van der Waals surface area contributed by atoms with Gasteiger partial charge < -0.3 is 9.80 Å². The molecule has 0 aromatic heterocycles. The molecule has 0 aliphatic carbocycles. The third kappa shape index (κ3) is 2.89. The summed E-state index contributed by atoms with van der Waals surface area (Å²) in [5.41, 5.74) is 1.95. The topological polar surface area (TPSA) is 23.6 Å². The predicted octanol–water partition coefficient (Wildman–Crippen LogP) is 2.93. The maximum atomic E-state index is 13.5. The van der Waals surface area contributed by atoms with Crippen molar-refractivity contribution in [3.8, 4) is 0 Å². The second-order valence-electron chi connectivity index (χ2n) is 7.10. The molecule has 1 aromatic carbocycles. The van der Waals surface area contributed by atoms with Crippen LogP contribution in [0.3, 0.4) is 0 Å². The van der Waals surface area contributed by atoms with Crippen molar-refractivity contribution in [2.45, 2.75) is 50.6 Å². The molecule has 2 bridgehead atoms. The molecule has 0 N–H and O–H groups in total. The van der Waals surface area contributed by atoms with Crippen LogP contribution in [0.5, 0.6) is 0 Å². The number of benzene rings is 1. The summed E-state index contributed by atoms with van der Waals surface area (Å²) in [6.45, 7) is 2.32. The number of amides is 1. The molecule has 3 atom stereocenters. The highest BCUT2D eigenvalue weighted by molar-refractivity contribution is 5.79. The van der Waals surface area contributed by atoms with Crippen molar-refractivity contribution >= 4 is 5.91 Å². The van der Waals surface area contributed by atoms with Crippen LogP contribution < -0.4 is 0 Å². The lowest BCUT2D eigenvalue weighted by atomic mass is 9.84. The molecule has 0 radical (unpaired) electrons. The predicted molar refractivity (Wildman–Crippen MR) is 85.3 cm³/mol. The lowest BCUT2D eigenvalue weighted by Gasteiger charge is -2.39. The molecule has 1 unspecified atom stereocenters. The fraction of sp³-hybridized carbons (Fsp3) is 0.611. The van der Waals surface area contributed by atoms with Crippen LogP contribution in [-0.2, 0) is 4.79 Å². The Morgan fingerprint density at radius 1 is 1.27 bits per heavy atom. The molecule has 0 spiro atoms. The summed E-state index contributed by atoms with van der Waals surface area (Å²) in [5.74, 6) is 0.580. The van der Waals surface area contributed by atoms with Crippen molar-refractivity contribution in [3.05, 3.63) is 35.1 Å². The largest absolute Gasteiger partial charge is 0.336 e. The van der Waals surface area contributed by atoms with E-state index in [1.54, 1.807) is 6.07 Å². The molecule has 1 amide bonds. The van der Waals surface area contributed by atoms with Crippen molar-refractivity contribution in [1.82, 2.24) is 9.80 Å². The van der Waals surface area contributed by atoms with E-state index in [4.69, 9.17) is 0 Å². The van der Waals surface area contributed by atoms with Crippen LogP contribution in [-0.4, -0.2) is 48.4 Å². The monoisotopic (exact) mass is 304 g/mol. The average Bonchev–Trinajstić information content (AvgIpc) is 2.72. The summed E-state index contributed by atoms with van der Waals surface area (Å²) in [4.78, 5) is 16.5. The lowest BCUT2D eigenvalue weighted by Crippen LogP contribution is -2.48. The molecule has 2 heterocycles. The number of hydrogen-bond donors (Lipinski definition) is 0. The number of likely N-dealkylation sites (N-methyl/N-ethyl adjacent to an activating group) is 1. The molecule has 2 fully saturated rings. The van der Waals surface area contributed by atoms with E-state index >= 15 is 0 Å². The van der Waals surface area contributed by atoms with Gasteiger partial charge in [0.1, 0.15) is 5.82 Å². The zero-order valence-corrected chi connectivity index (χ0v) is 13.7. The fourth-order valence-corrected chi connectivity index (χ4v) is 4.13. The quantitative estimate of drug-likeness (QED) is 0.857. The van der Waals surface area contributed by atoms with Crippen LogP contribution in [0.2, 0.25) is 0 Å². The summed E-state index contributed by atoms with van der Waals surface area (Å²) >= 11 is 0. The molecule has 120 valence electrons. The Hall–Kier alpha value is -1.42. The number of aryl methyl sites for hydroxylation is 1. The Kier molecular flexibility index (Phi) is 4.22. The van der Waals surface area contributed by atoms with Gasteiger partial charge >= 0.3 is 0 Å². The molecule has 2 saturated heterocycles. The SMILES string of the molecule is Cc1cc(C2C[C@H]3CC[C@@H](C2)N3C(=O)CN(C)C)ccc1F. The summed E-state index contributed by atoms with van der Waals surface area (Å²) in [6.07, 6.45) is 4.25. The number of carbonyl (C=O) groups is 1. The first-order chi connectivity index (χ1) is 10.5. The second-order valence-corrected chi connectivity index (χ2v) is 7.10. The third-order valence-electron chi connectivity index (χ3n) is 5.13. The standard InChI is InChI=1S/C18H25FN2O/c1-12-8-13(4-7-17(12)19)14-9-15-5-6-16(10-14)21(15)18(22)11-20(2)3/h4,7-8,14-16H,5-6,9-11H2,1-3H3/t14?,15-,16+. The highest BCUT2D eigenvalue weighted by Crippen LogP contribution is 2.43. The van der Waals surface area contributed by atoms with Crippen molar-refractivity contribution in [3.63, 3.8) is 0 Å². The number of hydrogen-bond acceptors (Lipinski definition) is 2. The van der Waals surface area contributed by atoms with Crippen molar-refractivity contribution < 1.29 is 9.18 Å². The summed E-state index contributed by atoms with van der Waals surface area (Å²) in [7, 11) is 3.88. The maximum absolute atomic E-state index is 13.5. The van der Waals surface area contributed by atoms with Gasteiger partial charge in [-0.25, -0.2) is 4.39 Å². The van der Waals surface area contributed by atoms with Gasteiger partial charge in [-0.05, 0) is 69.8 Å². The molecule has 1 aromatic rings. The smallest absolute Gasteiger partial charge is 0.237 e. The third-order valence-corrected chi connectivity index (χ3v) is 5.13. The van der Waals surface area contributed by atoms with Crippen LogP contribution in [0.1, 0.15) is 42.7 Å². The van der Waals surface area contributed by atoms with Gasteiger partial charge in [-0.15, -0.1) is 0 Å². The molecule has 3 nitrogen and oxygen atoms in total. The first-order valence-electron chi connectivity index (χ1n) is 8.17. The average molecular weight is 304 g/mol. The van der Waals surface area contributed by atoms with Gasteiger partial charge in [0.2, 0.25) is 5.91 Å². The van der Waals surface area contributed by atoms with E-state index in [1.165, 1.54) is 5.56 Å². The Labute approximate surface area is 132 Å². The number of rotatable bonds is 3. The van der Waals surface area contributed by atoms with Gasteiger partial charge in [0.15, 0.2) is 0 Å². The van der Waals surface area contributed by atoms with E-state index < -0.39 is 0 Å². The summed E-state index contributed by atoms with van der Waals surface area (Å²) in [5, 5.41) is 0. The number of halogens is 1. The Bertz CT molecular complexity index is 558. The van der Waals surface area contributed by atoms with Gasteiger partial charge in [-0.1, -0.05) is 12.1 Å². The summed E-state index contributed by atoms with van der Waals surface area (Å²) in [6, 6.07) is 6.21. The van der Waals surface area contributed by atoms with Crippen LogP contribution in [0, 0.1) is 12.7 Å². The van der Waals surface area contributed by atoms with Gasteiger partial charge in [-0.3, -0.25) is 4.79 Å². The Balaban J connectivity index is 1.74. The number of piperidine rings is 1. The molecule has 2 aliphatic heterocycles. The van der Waals surface area contributed by atoms with Crippen LogP contribution in [0.25, 0.3) is 0 Å². The van der Waals surface area contributed by atoms with Crippen LogP contribution in [0.15, 0.2) is 18.2 Å². The number of fused-ring (bicyclic) bond motifs is 2. The Morgan fingerprint density at radius 3 is 2.45 bits per heavy atom. The van der Waals surface area contributed by atoms with Gasteiger partial charge in [-0.2, -0.15) is 0 Å². The molecule has 0 saturated carbocycles. The van der Waals surface area contributed by atoms with E-state index in [2.05, 4.69) is 4.90 Å². The normalized spacial score (nSPS) is 27.5. The van der Waals surface area contributed by atoms with E-state index in [0.717, 1.165) is 31.2 Å². The number of nitrogens with zero attached hydrogens (tertiary/aromatic N) is 2. The zero-order chi connectivity index (χ0) is 15.9. The maximum Gasteiger partial charge on any atom is 0.237 e. The first-order valence-corrected chi connectivity index (χ1v) is 8.17. The van der Waals surface area contributed by atoms with Crippen molar-refractivity contribution in [1.29, 1.82) is 0 Å². The minimum absolute atomic E-state index is 0.134. The van der Waals surface area contributed by atoms with Crippen molar-refractivity contribution in [2.24, 2.45) is 0 Å². The second kappa shape index (κ2) is 5.99. The van der Waals surface area contributed by atoms with Crippen LogP contribution >= 0.6 is 0 Å². The fourth-order valence-electron chi connectivity index (χ4n) is 4.13. The number of carbonyl (C=O) groups excluding carboxylic acids is 1. The van der Waals surface area contributed by atoms with E-state index in [0.29, 0.717) is 24.5 Å². The highest BCUT2D eigenvalue weighted by Gasteiger charge is 2.43. The highest BCUT2D eigenvalue weighted by atomic mass is 19.1. The molecule has 4 heteroatoms.